The lowest BCUT2D eigenvalue weighted by Crippen LogP contribution is -2.21. The van der Waals surface area contributed by atoms with Crippen molar-refractivity contribution >= 4 is 21.6 Å². The van der Waals surface area contributed by atoms with Crippen molar-refractivity contribution < 1.29 is 8.42 Å². The fraction of sp³-hybridized carbons (Fsp3) is 0.600. The van der Waals surface area contributed by atoms with Crippen LogP contribution in [0, 0.1) is 0 Å². The van der Waals surface area contributed by atoms with E-state index in [1.54, 1.807) is 12.3 Å². The molecule has 0 bridgehead atoms. The smallest absolute Gasteiger partial charge is 0.244 e. The Morgan fingerprint density at radius 2 is 2.06 bits per heavy atom. The van der Waals surface area contributed by atoms with Crippen LogP contribution in [0.4, 0.5) is 0 Å². The van der Waals surface area contributed by atoms with Gasteiger partial charge in [0, 0.05) is 32.5 Å². The minimum atomic E-state index is -3.35. The molecule has 1 heterocycles. The van der Waals surface area contributed by atoms with Crippen LogP contribution in [0.1, 0.15) is 19.0 Å². The van der Waals surface area contributed by atoms with Crippen LogP contribution in [-0.2, 0) is 22.4 Å². The summed E-state index contributed by atoms with van der Waals surface area (Å²) in [4.78, 5) is 0.307. The first-order chi connectivity index (χ1) is 7.43. The Labute approximate surface area is 102 Å². The Kier molecular flexibility index (Phi) is 4.41. The van der Waals surface area contributed by atoms with Crippen LogP contribution >= 0.6 is 11.6 Å². The normalized spacial score (nSPS) is 12.3. The van der Waals surface area contributed by atoms with E-state index in [1.165, 1.54) is 18.4 Å². The molecule has 0 spiro atoms. The Morgan fingerprint density at radius 1 is 1.44 bits per heavy atom. The van der Waals surface area contributed by atoms with E-state index in [0.29, 0.717) is 10.8 Å². The molecule has 4 nitrogen and oxygen atoms in total. The van der Waals surface area contributed by atoms with Crippen LogP contribution in [-0.4, -0.2) is 31.4 Å². The van der Waals surface area contributed by atoms with Crippen LogP contribution in [0.15, 0.2) is 17.2 Å². The average Bonchev–Trinajstić information content (AvgIpc) is 2.62. The van der Waals surface area contributed by atoms with Gasteiger partial charge in [-0.3, -0.25) is 0 Å². The maximum absolute atomic E-state index is 11.9. The van der Waals surface area contributed by atoms with Gasteiger partial charge >= 0.3 is 0 Å². The lowest BCUT2D eigenvalue weighted by Gasteiger charge is -2.08. The van der Waals surface area contributed by atoms with Crippen LogP contribution in [0.3, 0.4) is 0 Å². The van der Waals surface area contributed by atoms with E-state index >= 15 is 0 Å². The quantitative estimate of drug-likeness (QED) is 0.762. The second kappa shape index (κ2) is 5.21. The van der Waals surface area contributed by atoms with Crippen molar-refractivity contribution in [2.24, 2.45) is 0 Å². The molecule has 1 aromatic heterocycles. The van der Waals surface area contributed by atoms with Gasteiger partial charge in [-0.2, -0.15) is 0 Å². The molecule has 0 amide bonds. The van der Waals surface area contributed by atoms with Crippen LogP contribution in [0.2, 0.25) is 0 Å². The molecule has 92 valence electrons. The van der Waals surface area contributed by atoms with Gasteiger partial charge in [0.1, 0.15) is 4.90 Å². The number of aryl methyl sites for hydroxylation is 1. The number of sulfonamides is 1. The molecule has 0 saturated heterocycles. The monoisotopic (exact) mass is 264 g/mol. The number of aromatic nitrogens is 1. The largest absolute Gasteiger partial charge is 0.349 e. The van der Waals surface area contributed by atoms with Gasteiger partial charge in [0.15, 0.2) is 0 Å². The van der Waals surface area contributed by atoms with Crippen molar-refractivity contribution in [3.63, 3.8) is 0 Å². The molecule has 16 heavy (non-hydrogen) atoms. The topological polar surface area (TPSA) is 42.3 Å². The molecular weight excluding hydrogens is 248 g/mol. The zero-order valence-electron chi connectivity index (χ0n) is 9.77. The van der Waals surface area contributed by atoms with Crippen molar-refractivity contribution in [1.29, 1.82) is 0 Å². The van der Waals surface area contributed by atoms with E-state index in [2.05, 4.69) is 0 Å². The number of hydrogen-bond donors (Lipinski definition) is 0. The molecule has 1 rings (SSSR count). The maximum Gasteiger partial charge on any atom is 0.244 e. The van der Waals surface area contributed by atoms with Crippen molar-refractivity contribution in [1.82, 2.24) is 8.87 Å². The highest BCUT2D eigenvalue weighted by atomic mass is 35.5. The van der Waals surface area contributed by atoms with E-state index in [9.17, 15) is 8.42 Å². The average molecular weight is 265 g/mol. The maximum atomic E-state index is 11.9. The minimum absolute atomic E-state index is 0.307. The van der Waals surface area contributed by atoms with Gasteiger partial charge in [-0.1, -0.05) is 6.92 Å². The van der Waals surface area contributed by atoms with Gasteiger partial charge in [0.25, 0.3) is 0 Å². The lowest BCUT2D eigenvalue weighted by molar-refractivity contribution is 0.520. The molecule has 0 unspecified atom stereocenters. The second-order valence-corrected chi connectivity index (χ2v) is 6.20. The molecule has 0 radical (unpaired) electrons. The zero-order chi connectivity index (χ0) is 12.3. The van der Waals surface area contributed by atoms with Gasteiger partial charge in [-0.25, -0.2) is 12.7 Å². The molecule has 0 N–H and O–H groups in total. The number of rotatable bonds is 5. The minimum Gasteiger partial charge on any atom is -0.349 e. The summed E-state index contributed by atoms with van der Waals surface area (Å²) in [7, 11) is -0.312. The third-order valence-corrected chi connectivity index (χ3v) is 4.40. The highest BCUT2D eigenvalue weighted by Gasteiger charge is 2.20. The van der Waals surface area contributed by atoms with Gasteiger partial charge in [-0.15, -0.1) is 11.6 Å². The predicted molar refractivity (Wildman–Crippen MR) is 65.2 cm³/mol. The van der Waals surface area contributed by atoms with E-state index in [1.807, 2.05) is 11.5 Å². The molecule has 0 aliphatic carbocycles. The fourth-order valence-corrected chi connectivity index (χ4v) is 2.63. The Hall–Kier alpha value is -0.520. The molecule has 0 atom stereocenters. The SMILES string of the molecule is CCCn1cc(S(=O)(=O)N(C)C)cc1CCl. The van der Waals surface area contributed by atoms with Gasteiger partial charge in [0.05, 0.1) is 5.88 Å². The van der Waals surface area contributed by atoms with Crippen LogP contribution < -0.4 is 0 Å². The summed E-state index contributed by atoms with van der Waals surface area (Å²) in [5, 5.41) is 0. The fourth-order valence-electron chi connectivity index (χ4n) is 1.44. The third kappa shape index (κ3) is 2.59. The summed E-state index contributed by atoms with van der Waals surface area (Å²) in [5.74, 6) is 0.322. The Balaban J connectivity index is 3.18. The number of alkyl halides is 1. The van der Waals surface area contributed by atoms with E-state index in [4.69, 9.17) is 11.6 Å². The molecule has 0 aromatic carbocycles. The summed E-state index contributed by atoms with van der Waals surface area (Å²) in [5.41, 5.74) is 0.837. The summed E-state index contributed by atoms with van der Waals surface area (Å²) < 4.78 is 26.9. The van der Waals surface area contributed by atoms with Crippen molar-refractivity contribution in [3.8, 4) is 0 Å². The first-order valence-electron chi connectivity index (χ1n) is 5.11. The van der Waals surface area contributed by atoms with Crippen LogP contribution in [0.5, 0.6) is 0 Å². The summed E-state index contributed by atoms with van der Waals surface area (Å²) >= 11 is 5.78. The lowest BCUT2D eigenvalue weighted by atomic mass is 10.4. The zero-order valence-corrected chi connectivity index (χ0v) is 11.3. The highest BCUT2D eigenvalue weighted by Crippen LogP contribution is 2.19. The molecule has 0 aliphatic rings. The first kappa shape index (κ1) is 13.5. The first-order valence-corrected chi connectivity index (χ1v) is 7.08. The van der Waals surface area contributed by atoms with Crippen molar-refractivity contribution in [2.75, 3.05) is 14.1 Å². The van der Waals surface area contributed by atoms with Crippen molar-refractivity contribution in [3.05, 3.63) is 18.0 Å². The molecule has 0 aliphatic heterocycles. The molecule has 0 fully saturated rings. The van der Waals surface area contributed by atoms with Gasteiger partial charge < -0.3 is 4.57 Å². The second-order valence-electron chi connectivity index (χ2n) is 3.78. The molecule has 1 aromatic rings. The summed E-state index contributed by atoms with van der Waals surface area (Å²) in [6, 6.07) is 1.64. The van der Waals surface area contributed by atoms with Crippen LogP contribution in [0.25, 0.3) is 0 Å². The molecule has 0 saturated carbocycles. The Morgan fingerprint density at radius 3 is 2.50 bits per heavy atom. The Bertz CT molecular complexity index is 451. The third-order valence-electron chi connectivity index (χ3n) is 2.34. The standard InChI is InChI=1S/C10H17ClN2O2S/c1-4-5-13-8-10(6-9(13)7-11)16(14,15)12(2)3/h6,8H,4-5,7H2,1-3H3. The van der Waals surface area contributed by atoms with E-state index < -0.39 is 10.0 Å². The predicted octanol–water partition coefficient (Wildman–Crippen LogP) is 1.89. The number of nitrogens with zero attached hydrogens (tertiary/aromatic N) is 2. The van der Waals surface area contributed by atoms with E-state index in [-0.39, 0.29) is 0 Å². The number of halogens is 1. The summed E-state index contributed by atoms with van der Waals surface area (Å²) in [6.07, 6.45) is 2.59. The highest BCUT2D eigenvalue weighted by molar-refractivity contribution is 7.89. The molecule has 6 heteroatoms. The number of hydrogen-bond acceptors (Lipinski definition) is 2. The van der Waals surface area contributed by atoms with Gasteiger partial charge in [0.2, 0.25) is 10.0 Å². The van der Waals surface area contributed by atoms with Gasteiger partial charge in [-0.05, 0) is 12.5 Å². The molecular formula is C10H17ClN2O2S. The van der Waals surface area contributed by atoms with E-state index in [0.717, 1.165) is 18.7 Å². The summed E-state index contributed by atoms with van der Waals surface area (Å²) in [6.45, 7) is 2.82. The van der Waals surface area contributed by atoms with Crippen molar-refractivity contribution in [2.45, 2.75) is 30.7 Å².